The summed E-state index contributed by atoms with van der Waals surface area (Å²) in [5.41, 5.74) is 0.300. The molecule has 0 spiro atoms. The lowest BCUT2D eigenvalue weighted by atomic mass is 10.0. The molecule has 2 aliphatic rings. The third-order valence-electron chi connectivity index (χ3n) is 6.30. The zero-order valence-electron chi connectivity index (χ0n) is 20.3. The zero-order chi connectivity index (χ0) is 27.0. The first-order valence-corrected chi connectivity index (χ1v) is 12.4. The summed E-state index contributed by atoms with van der Waals surface area (Å²) in [6, 6.07) is 3.70. The molecule has 2 N–H and O–H groups in total. The Kier molecular flexibility index (Phi) is 9.65. The number of hydrogen-bond acceptors (Lipinski definition) is 6. The highest BCUT2D eigenvalue weighted by Gasteiger charge is 2.46. The van der Waals surface area contributed by atoms with Crippen molar-refractivity contribution in [2.75, 3.05) is 13.2 Å². The SMILES string of the molecule is O=C1CCC(N2C(=O)c3cccc(OCCCCCCCCCCNC(=O)C(F)(F)F)c3C2=O)C(=O)N1. The minimum atomic E-state index is -4.84. The monoisotopic (exact) mass is 525 g/mol. The summed E-state index contributed by atoms with van der Waals surface area (Å²) in [5.74, 6) is -3.91. The molecule has 2 aliphatic heterocycles. The van der Waals surface area contributed by atoms with Crippen LogP contribution in [0.15, 0.2) is 18.2 Å². The third kappa shape index (κ3) is 7.30. The molecule has 1 aromatic carbocycles. The van der Waals surface area contributed by atoms with Crippen LogP contribution in [0.4, 0.5) is 13.2 Å². The van der Waals surface area contributed by atoms with E-state index in [4.69, 9.17) is 4.74 Å². The van der Waals surface area contributed by atoms with Gasteiger partial charge < -0.3 is 10.1 Å². The maximum absolute atomic E-state index is 13.0. The van der Waals surface area contributed by atoms with E-state index in [9.17, 15) is 37.1 Å². The van der Waals surface area contributed by atoms with Crippen LogP contribution < -0.4 is 15.4 Å². The van der Waals surface area contributed by atoms with Gasteiger partial charge in [0, 0.05) is 13.0 Å². The number of rotatable bonds is 13. The molecule has 5 amide bonds. The molecule has 0 radical (unpaired) electrons. The Morgan fingerprint density at radius 1 is 0.973 bits per heavy atom. The molecule has 1 unspecified atom stereocenters. The average molecular weight is 526 g/mol. The van der Waals surface area contributed by atoms with Gasteiger partial charge in [0.15, 0.2) is 0 Å². The molecule has 0 saturated carbocycles. The van der Waals surface area contributed by atoms with Gasteiger partial charge >= 0.3 is 12.1 Å². The first-order valence-electron chi connectivity index (χ1n) is 12.4. The summed E-state index contributed by atoms with van der Waals surface area (Å²) in [5, 5.41) is 4.02. The van der Waals surface area contributed by atoms with Crippen LogP contribution >= 0.6 is 0 Å². The summed E-state index contributed by atoms with van der Waals surface area (Å²) >= 11 is 0. The number of alkyl halides is 3. The summed E-state index contributed by atoms with van der Waals surface area (Å²) < 4.78 is 42.0. The highest BCUT2D eigenvalue weighted by molar-refractivity contribution is 6.24. The second-order valence-electron chi connectivity index (χ2n) is 9.06. The molecule has 0 aromatic heterocycles. The van der Waals surface area contributed by atoms with Gasteiger partial charge in [0.05, 0.1) is 17.7 Å². The van der Waals surface area contributed by atoms with Crippen molar-refractivity contribution in [1.29, 1.82) is 0 Å². The van der Waals surface area contributed by atoms with Crippen LogP contribution in [0, 0.1) is 0 Å². The van der Waals surface area contributed by atoms with Crippen molar-refractivity contribution in [3.05, 3.63) is 29.3 Å². The highest BCUT2D eigenvalue weighted by atomic mass is 19.4. The van der Waals surface area contributed by atoms with Gasteiger partial charge in [-0.25, -0.2) is 0 Å². The number of fused-ring (bicyclic) bond motifs is 1. The molecular formula is C25H30F3N3O6. The fraction of sp³-hybridized carbons (Fsp3) is 0.560. The number of amides is 5. The van der Waals surface area contributed by atoms with Crippen LogP contribution in [0.2, 0.25) is 0 Å². The van der Waals surface area contributed by atoms with E-state index in [2.05, 4.69) is 5.32 Å². The van der Waals surface area contributed by atoms with Gasteiger partial charge in [-0.1, -0.05) is 44.6 Å². The number of unbranched alkanes of at least 4 members (excludes halogenated alkanes) is 7. The molecular weight excluding hydrogens is 495 g/mol. The number of piperidine rings is 1. The molecule has 202 valence electrons. The molecule has 1 aromatic rings. The quantitative estimate of drug-likeness (QED) is 0.301. The van der Waals surface area contributed by atoms with Gasteiger partial charge in [0.1, 0.15) is 11.8 Å². The number of carbonyl (C=O) groups is 5. The minimum absolute atomic E-state index is 0.0122. The number of halogens is 3. The molecule has 12 heteroatoms. The Balaban J connectivity index is 1.34. The van der Waals surface area contributed by atoms with E-state index in [1.54, 1.807) is 12.1 Å². The van der Waals surface area contributed by atoms with Crippen LogP contribution in [0.1, 0.15) is 84.9 Å². The predicted octanol–water partition coefficient (Wildman–Crippen LogP) is 3.27. The zero-order valence-corrected chi connectivity index (χ0v) is 20.3. The van der Waals surface area contributed by atoms with Crippen LogP contribution in [0.3, 0.4) is 0 Å². The van der Waals surface area contributed by atoms with Crippen LogP contribution in [-0.2, 0) is 14.4 Å². The Bertz CT molecular complexity index is 1040. The molecule has 37 heavy (non-hydrogen) atoms. The Morgan fingerprint density at radius 2 is 1.62 bits per heavy atom. The van der Waals surface area contributed by atoms with Crippen molar-refractivity contribution in [3.63, 3.8) is 0 Å². The number of ether oxygens (including phenoxy) is 1. The molecule has 1 fully saturated rings. The first-order chi connectivity index (χ1) is 17.6. The van der Waals surface area contributed by atoms with Gasteiger partial charge in [-0.2, -0.15) is 13.2 Å². The Hall–Kier alpha value is -3.44. The lowest BCUT2D eigenvalue weighted by Gasteiger charge is -2.27. The Labute approximate surface area is 212 Å². The summed E-state index contributed by atoms with van der Waals surface area (Å²) in [7, 11) is 0. The summed E-state index contributed by atoms with van der Waals surface area (Å²) in [6.07, 6.45) is 1.86. The fourth-order valence-electron chi connectivity index (χ4n) is 4.38. The van der Waals surface area contributed by atoms with E-state index < -0.39 is 41.8 Å². The molecule has 1 saturated heterocycles. The molecule has 2 heterocycles. The normalized spacial score (nSPS) is 17.6. The van der Waals surface area contributed by atoms with Gasteiger partial charge in [-0.3, -0.25) is 34.2 Å². The maximum atomic E-state index is 13.0. The Morgan fingerprint density at radius 3 is 2.27 bits per heavy atom. The van der Waals surface area contributed by atoms with Crippen molar-refractivity contribution < 1.29 is 41.9 Å². The number of carbonyl (C=O) groups excluding carboxylic acids is 5. The highest BCUT2D eigenvalue weighted by Crippen LogP contribution is 2.33. The first kappa shape index (κ1) is 28.1. The van der Waals surface area contributed by atoms with Crippen molar-refractivity contribution in [3.8, 4) is 5.75 Å². The van der Waals surface area contributed by atoms with Gasteiger partial charge in [0.25, 0.3) is 11.8 Å². The van der Waals surface area contributed by atoms with E-state index in [0.717, 1.165) is 49.8 Å². The molecule has 0 bridgehead atoms. The molecule has 3 rings (SSSR count). The number of benzene rings is 1. The van der Waals surface area contributed by atoms with Gasteiger partial charge in [-0.15, -0.1) is 0 Å². The van der Waals surface area contributed by atoms with Crippen molar-refractivity contribution >= 4 is 29.5 Å². The van der Waals surface area contributed by atoms with E-state index in [1.165, 1.54) is 6.07 Å². The van der Waals surface area contributed by atoms with E-state index in [0.29, 0.717) is 13.0 Å². The lowest BCUT2D eigenvalue weighted by Crippen LogP contribution is -2.54. The van der Waals surface area contributed by atoms with Gasteiger partial charge in [0.2, 0.25) is 11.8 Å². The van der Waals surface area contributed by atoms with Crippen LogP contribution in [0.5, 0.6) is 5.75 Å². The largest absolute Gasteiger partial charge is 0.493 e. The second-order valence-corrected chi connectivity index (χ2v) is 9.06. The van der Waals surface area contributed by atoms with E-state index >= 15 is 0 Å². The number of imide groups is 2. The van der Waals surface area contributed by atoms with Crippen molar-refractivity contribution in [1.82, 2.24) is 15.5 Å². The van der Waals surface area contributed by atoms with Crippen molar-refractivity contribution in [2.45, 2.75) is 76.4 Å². The second kappa shape index (κ2) is 12.7. The molecule has 9 nitrogen and oxygen atoms in total. The minimum Gasteiger partial charge on any atom is -0.493 e. The predicted molar refractivity (Wildman–Crippen MR) is 125 cm³/mol. The van der Waals surface area contributed by atoms with Gasteiger partial charge in [-0.05, 0) is 31.4 Å². The number of nitrogens with one attached hydrogen (secondary N) is 2. The summed E-state index contributed by atoms with van der Waals surface area (Å²) in [6.45, 7) is 0.355. The maximum Gasteiger partial charge on any atom is 0.471 e. The van der Waals surface area contributed by atoms with Crippen LogP contribution in [-0.4, -0.2) is 59.8 Å². The smallest absolute Gasteiger partial charge is 0.471 e. The van der Waals surface area contributed by atoms with Crippen molar-refractivity contribution in [2.24, 2.45) is 0 Å². The average Bonchev–Trinajstić information content (AvgIpc) is 3.09. The fourth-order valence-corrected chi connectivity index (χ4v) is 4.38. The third-order valence-corrected chi connectivity index (χ3v) is 6.30. The summed E-state index contributed by atoms with van der Waals surface area (Å²) in [4.78, 5) is 61.1. The molecule has 1 atom stereocenters. The molecule has 0 aliphatic carbocycles. The number of hydrogen-bond donors (Lipinski definition) is 2. The lowest BCUT2D eigenvalue weighted by molar-refractivity contribution is -0.173. The van der Waals surface area contributed by atoms with E-state index in [-0.39, 0.29) is 36.3 Å². The topological polar surface area (TPSA) is 122 Å². The number of nitrogens with zero attached hydrogens (tertiary/aromatic N) is 1. The van der Waals surface area contributed by atoms with E-state index in [1.807, 2.05) is 5.32 Å². The standard InChI is InChI=1S/C25H30F3N3O6/c26-25(27,28)24(36)29-14-7-5-3-1-2-4-6-8-15-37-18-11-9-10-16-20(18)23(35)31(22(16)34)17-12-13-19(32)30-21(17)33/h9-11,17H,1-8,12-15H2,(H,29,36)(H,30,32,33). The van der Waals surface area contributed by atoms with Crippen LogP contribution in [0.25, 0.3) is 0 Å².